The van der Waals surface area contributed by atoms with Gasteiger partial charge in [-0.25, -0.2) is 8.42 Å². The number of hydrogen-bond acceptors (Lipinski definition) is 5. The van der Waals surface area contributed by atoms with Gasteiger partial charge in [0, 0.05) is 37.1 Å². The standard InChI is InChI=1S/C20H25N3O4S/c1-15-12-13-23(14-15)18-8-6-17(7-9-18)21-20(24)16-4-10-19(11-5-16)28(25,26)22(2)27-3/h4-11,15H,12-14H2,1-3H3,(H,21,24). The molecule has 7 nitrogen and oxygen atoms in total. The zero-order valence-electron chi connectivity index (χ0n) is 16.3. The van der Waals surface area contributed by atoms with Crippen LogP contribution in [0, 0.1) is 5.92 Å². The lowest BCUT2D eigenvalue weighted by atomic mass is 10.2. The number of amides is 1. The van der Waals surface area contributed by atoms with E-state index in [1.807, 2.05) is 24.3 Å². The van der Waals surface area contributed by atoms with E-state index in [2.05, 4.69) is 17.1 Å². The fourth-order valence-corrected chi connectivity index (χ4v) is 4.13. The summed E-state index contributed by atoms with van der Waals surface area (Å²) in [6, 6.07) is 13.5. The number of nitrogens with zero attached hydrogens (tertiary/aromatic N) is 2. The van der Waals surface area contributed by atoms with E-state index in [4.69, 9.17) is 4.84 Å². The number of anilines is 2. The predicted molar refractivity (Wildman–Crippen MR) is 109 cm³/mol. The summed E-state index contributed by atoms with van der Waals surface area (Å²) in [5.41, 5.74) is 2.22. The maximum absolute atomic E-state index is 12.4. The van der Waals surface area contributed by atoms with Crippen molar-refractivity contribution < 1.29 is 18.0 Å². The molecule has 1 heterocycles. The van der Waals surface area contributed by atoms with E-state index >= 15 is 0 Å². The molecule has 0 aromatic heterocycles. The van der Waals surface area contributed by atoms with Crippen molar-refractivity contribution in [3.05, 3.63) is 54.1 Å². The second-order valence-corrected chi connectivity index (χ2v) is 8.90. The fraction of sp³-hybridized carbons (Fsp3) is 0.350. The van der Waals surface area contributed by atoms with Gasteiger partial charge in [-0.2, -0.15) is 0 Å². The maximum atomic E-state index is 12.4. The predicted octanol–water partition coefficient (Wildman–Crippen LogP) is 2.97. The monoisotopic (exact) mass is 403 g/mol. The minimum atomic E-state index is -3.73. The molecule has 3 rings (SSSR count). The molecule has 1 saturated heterocycles. The van der Waals surface area contributed by atoms with Gasteiger partial charge in [0.15, 0.2) is 0 Å². The Morgan fingerprint density at radius 3 is 2.32 bits per heavy atom. The molecule has 0 aliphatic carbocycles. The summed E-state index contributed by atoms with van der Waals surface area (Å²) < 4.78 is 25.2. The molecule has 1 amide bonds. The molecular formula is C20H25N3O4S. The van der Waals surface area contributed by atoms with Crippen molar-refractivity contribution in [2.75, 3.05) is 37.5 Å². The number of benzene rings is 2. The van der Waals surface area contributed by atoms with Crippen LogP contribution in [0.1, 0.15) is 23.7 Å². The van der Waals surface area contributed by atoms with Crippen LogP contribution in [0.2, 0.25) is 0 Å². The highest BCUT2D eigenvalue weighted by molar-refractivity contribution is 7.89. The molecule has 0 bridgehead atoms. The van der Waals surface area contributed by atoms with Crippen molar-refractivity contribution >= 4 is 27.3 Å². The molecule has 2 aromatic carbocycles. The van der Waals surface area contributed by atoms with Gasteiger partial charge in [0.2, 0.25) is 0 Å². The zero-order chi connectivity index (χ0) is 20.3. The van der Waals surface area contributed by atoms with E-state index in [1.54, 1.807) is 0 Å². The first-order valence-electron chi connectivity index (χ1n) is 9.10. The molecule has 1 aliphatic rings. The summed E-state index contributed by atoms with van der Waals surface area (Å²) in [6.45, 7) is 4.36. The summed E-state index contributed by atoms with van der Waals surface area (Å²) in [5, 5.41) is 2.83. The van der Waals surface area contributed by atoms with Crippen LogP contribution in [-0.4, -0.2) is 46.0 Å². The summed E-state index contributed by atoms with van der Waals surface area (Å²) in [5.74, 6) is 0.404. The van der Waals surface area contributed by atoms with Crippen LogP contribution >= 0.6 is 0 Å². The van der Waals surface area contributed by atoms with Crippen LogP contribution in [0.15, 0.2) is 53.4 Å². The van der Waals surface area contributed by atoms with Gasteiger partial charge in [0.05, 0.1) is 12.0 Å². The van der Waals surface area contributed by atoms with E-state index in [1.165, 1.54) is 44.8 Å². The third kappa shape index (κ3) is 4.35. The quantitative estimate of drug-likeness (QED) is 0.750. The number of rotatable bonds is 6. The molecule has 1 N–H and O–H groups in total. The third-order valence-corrected chi connectivity index (χ3v) is 6.62. The lowest BCUT2D eigenvalue weighted by Gasteiger charge is -2.18. The second kappa shape index (κ2) is 8.30. The normalized spacial score (nSPS) is 17.1. The first-order chi connectivity index (χ1) is 13.3. The highest BCUT2D eigenvalue weighted by atomic mass is 32.2. The van der Waals surface area contributed by atoms with Crippen molar-refractivity contribution in [2.24, 2.45) is 5.92 Å². The van der Waals surface area contributed by atoms with E-state index in [0.717, 1.165) is 23.2 Å². The van der Waals surface area contributed by atoms with Crippen LogP contribution < -0.4 is 10.2 Å². The molecule has 1 fully saturated rings. The minimum Gasteiger partial charge on any atom is -0.371 e. The van der Waals surface area contributed by atoms with Gasteiger partial charge in [-0.15, -0.1) is 0 Å². The molecule has 0 saturated carbocycles. The first kappa shape index (κ1) is 20.3. The van der Waals surface area contributed by atoms with Crippen molar-refractivity contribution in [3.63, 3.8) is 0 Å². The largest absolute Gasteiger partial charge is 0.371 e. The topological polar surface area (TPSA) is 78.9 Å². The van der Waals surface area contributed by atoms with E-state index in [-0.39, 0.29) is 10.8 Å². The lowest BCUT2D eigenvalue weighted by molar-refractivity contribution is -0.0258. The Morgan fingerprint density at radius 2 is 1.79 bits per heavy atom. The van der Waals surface area contributed by atoms with Gasteiger partial charge in [-0.3, -0.25) is 9.63 Å². The number of hydrogen-bond donors (Lipinski definition) is 1. The Balaban J connectivity index is 1.66. The second-order valence-electron chi connectivity index (χ2n) is 6.96. The molecule has 0 spiro atoms. The average molecular weight is 404 g/mol. The molecule has 8 heteroatoms. The summed E-state index contributed by atoms with van der Waals surface area (Å²) in [7, 11) is -1.15. The Morgan fingerprint density at radius 1 is 1.14 bits per heavy atom. The highest BCUT2D eigenvalue weighted by Crippen LogP contribution is 2.25. The van der Waals surface area contributed by atoms with Gasteiger partial charge in [0.1, 0.15) is 0 Å². The minimum absolute atomic E-state index is 0.0533. The number of carbonyl (C=O) groups is 1. The van der Waals surface area contributed by atoms with Crippen LogP contribution in [0.3, 0.4) is 0 Å². The Bertz CT molecular complexity index is 927. The molecule has 1 unspecified atom stereocenters. The number of hydroxylamine groups is 1. The zero-order valence-corrected chi connectivity index (χ0v) is 17.1. The van der Waals surface area contributed by atoms with Crippen LogP contribution in [0.4, 0.5) is 11.4 Å². The van der Waals surface area contributed by atoms with Gasteiger partial charge in [0.25, 0.3) is 15.9 Å². The molecule has 2 aromatic rings. The highest BCUT2D eigenvalue weighted by Gasteiger charge is 2.21. The van der Waals surface area contributed by atoms with Crippen LogP contribution in [0.5, 0.6) is 0 Å². The fourth-order valence-electron chi connectivity index (χ4n) is 3.15. The van der Waals surface area contributed by atoms with E-state index < -0.39 is 10.0 Å². The average Bonchev–Trinajstić information content (AvgIpc) is 3.14. The Hall–Kier alpha value is -2.42. The van der Waals surface area contributed by atoms with Gasteiger partial charge in [-0.05, 0) is 60.9 Å². The van der Waals surface area contributed by atoms with Crippen LogP contribution in [-0.2, 0) is 14.9 Å². The summed E-state index contributed by atoms with van der Waals surface area (Å²) >= 11 is 0. The number of nitrogens with one attached hydrogen (secondary N) is 1. The Labute approximate surface area is 165 Å². The van der Waals surface area contributed by atoms with Gasteiger partial charge in [-0.1, -0.05) is 11.4 Å². The maximum Gasteiger partial charge on any atom is 0.264 e. The molecule has 28 heavy (non-hydrogen) atoms. The van der Waals surface area contributed by atoms with Crippen molar-refractivity contribution in [1.82, 2.24) is 4.47 Å². The molecular weight excluding hydrogens is 378 g/mol. The van der Waals surface area contributed by atoms with Gasteiger partial charge < -0.3 is 10.2 Å². The van der Waals surface area contributed by atoms with Crippen molar-refractivity contribution in [3.8, 4) is 0 Å². The lowest BCUT2D eigenvalue weighted by Crippen LogP contribution is -2.25. The number of carbonyl (C=O) groups excluding carboxylic acids is 1. The summed E-state index contributed by atoms with van der Waals surface area (Å²) in [4.78, 5) is 19.6. The first-order valence-corrected chi connectivity index (χ1v) is 10.5. The molecule has 1 atom stereocenters. The van der Waals surface area contributed by atoms with Crippen LogP contribution in [0.25, 0.3) is 0 Å². The third-order valence-electron chi connectivity index (χ3n) is 4.92. The molecule has 0 radical (unpaired) electrons. The smallest absolute Gasteiger partial charge is 0.264 e. The van der Waals surface area contributed by atoms with Gasteiger partial charge >= 0.3 is 0 Å². The Kier molecular flexibility index (Phi) is 6.02. The number of sulfonamides is 1. The van der Waals surface area contributed by atoms with E-state index in [9.17, 15) is 13.2 Å². The molecule has 150 valence electrons. The summed E-state index contributed by atoms with van der Waals surface area (Å²) in [6.07, 6.45) is 1.20. The molecule has 1 aliphatic heterocycles. The van der Waals surface area contributed by atoms with E-state index in [0.29, 0.717) is 17.2 Å². The van der Waals surface area contributed by atoms with Crippen molar-refractivity contribution in [1.29, 1.82) is 0 Å². The SMILES string of the molecule is CON(C)S(=O)(=O)c1ccc(C(=O)Nc2ccc(N3CCC(C)C3)cc2)cc1. The van der Waals surface area contributed by atoms with Crippen molar-refractivity contribution in [2.45, 2.75) is 18.2 Å².